The van der Waals surface area contributed by atoms with E-state index in [1.54, 1.807) is 0 Å². The van der Waals surface area contributed by atoms with E-state index in [9.17, 15) is 0 Å². The highest BCUT2D eigenvalue weighted by atomic mass is 16.5. The summed E-state index contributed by atoms with van der Waals surface area (Å²) in [5.41, 5.74) is 6.78. The highest BCUT2D eigenvalue weighted by molar-refractivity contribution is 5.31. The van der Waals surface area contributed by atoms with E-state index >= 15 is 0 Å². The number of hydrogen-bond acceptors (Lipinski definition) is 2. The van der Waals surface area contributed by atoms with Crippen LogP contribution in [0.5, 0.6) is 5.75 Å². The second-order valence-corrected chi connectivity index (χ2v) is 3.48. The second kappa shape index (κ2) is 3.79. The second-order valence-electron chi connectivity index (χ2n) is 3.48. The fourth-order valence-corrected chi connectivity index (χ4v) is 1.43. The zero-order valence-electron chi connectivity index (χ0n) is 7.70. The molecule has 0 aliphatic heterocycles. The summed E-state index contributed by atoms with van der Waals surface area (Å²) in [6.07, 6.45) is 2.70. The van der Waals surface area contributed by atoms with Gasteiger partial charge in [0.05, 0.1) is 0 Å². The van der Waals surface area contributed by atoms with E-state index in [1.165, 1.54) is 18.4 Å². The monoisotopic (exact) mass is 177 g/mol. The number of rotatable bonds is 4. The fraction of sp³-hybridized carbons (Fsp3) is 0.455. The Kier molecular flexibility index (Phi) is 2.50. The Morgan fingerprint density at radius 2 is 1.92 bits per heavy atom. The first kappa shape index (κ1) is 8.57. The lowest BCUT2D eigenvalue weighted by Gasteiger charge is -2.04. The minimum atomic E-state index is 0.574. The van der Waals surface area contributed by atoms with Crippen molar-refractivity contribution in [2.24, 2.45) is 5.73 Å². The van der Waals surface area contributed by atoms with Crippen molar-refractivity contribution >= 4 is 0 Å². The quantitative estimate of drug-likeness (QED) is 0.762. The van der Waals surface area contributed by atoms with Crippen molar-refractivity contribution in [3.05, 3.63) is 29.8 Å². The van der Waals surface area contributed by atoms with E-state index in [4.69, 9.17) is 10.5 Å². The third-order valence-corrected chi connectivity index (χ3v) is 2.32. The molecule has 13 heavy (non-hydrogen) atoms. The zero-order valence-corrected chi connectivity index (χ0v) is 7.70. The third kappa shape index (κ3) is 2.22. The van der Waals surface area contributed by atoms with Gasteiger partial charge in [-0.25, -0.2) is 0 Å². The van der Waals surface area contributed by atoms with Crippen LogP contribution in [0.2, 0.25) is 0 Å². The van der Waals surface area contributed by atoms with Gasteiger partial charge in [-0.05, 0) is 36.5 Å². The Morgan fingerprint density at radius 1 is 1.23 bits per heavy atom. The van der Waals surface area contributed by atoms with E-state index in [-0.39, 0.29) is 0 Å². The number of ether oxygens (including phenoxy) is 1. The Balaban J connectivity index is 1.96. The lowest BCUT2D eigenvalue weighted by atomic mass is 10.1. The fourth-order valence-electron chi connectivity index (χ4n) is 1.43. The van der Waals surface area contributed by atoms with Crippen LogP contribution in [0.1, 0.15) is 24.3 Å². The van der Waals surface area contributed by atoms with Gasteiger partial charge in [-0.15, -0.1) is 0 Å². The third-order valence-electron chi connectivity index (χ3n) is 2.32. The van der Waals surface area contributed by atoms with Gasteiger partial charge in [0, 0.05) is 6.54 Å². The van der Waals surface area contributed by atoms with Crippen LogP contribution in [0.25, 0.3) is 0 Å². The van der Waals surface area contributed by atoms with Crippen LogP contribution in [0.3, 0.4) is 0 Å². The van der Waals surface area contributed by atoms with Gasteiger partial charge in [-0.2, -0.15) is 0 Å². The molecule has 0 atom stereocenters. The smallest absolute Gasteiger partial charge is 0.119 e. The average molecular weight is 177 g/mol. The summed E-state index contributed by atoms with van der Waals surface area (Å²) in [5.74, 6) is 1.75. The predicted molar refractivity (Wildman–Crippen MR) is 53.0 cm³/mol. The van der Waals surface area contributed by atoms with Crippen LogP contribution < -0.4 is 10.5 Å². The Bertz CT molecular complexity index is 264. The van der Waals surface area contributed by atoms with Crippen LogP contribution in [-0.2, 0) is 0 Å². The largest absolute Gasteiger partial charge is 0.492 e. The van der Waals surface area contributed by atoms with Crippen molar-refractivity contribution < 1.29 is 4.74 Å². The van der Waals surface area contributed by atoms with Crippen molar-refractivity contribution in [2.45, 2.75) is 18.8 Å². The number of nitrogens with two attached hydrogens (primary N) is 1. The summed E-state index contributed by atoms with van der Waals surface area (Å²) in [6, 6.07) is 8.37. The lowest BCUT2D eigenvalue weighted by molar-refractivity contribution is 0.328. The van der Waals surface area contributed by atoms with Gasteiger partial charge in [0.2, 0.25) is 0 Å². The van der Waals surface area contributed by atoms with E-state index < -0.39 is 0 Å². The predicted octanol–water partition coefficient (Wildman–Crippen LogP) is 1.90. The molecular formula is C11H15NO. The summed E-state index contributed by atoms with van der Waals surface area (Å²) >= 11 is 0. The molecule has 2 rings (SSSR count). The molecule has 2 heteroatoms. The van der Waals surface area contributed by atoms with Crippen LogP contribution in [0, 0.1) is 0 Å². The molecule has 1 aliphatic carbocycles. The maximum atomic E-state index is 5.39. The average Bonchev–Trinajstić information content (AvgIpc) is 2.99. The molecule has 1 aromatic rings. The molecule has 0 unspecified atom stereocenters. The first-order valence-corrected chi connectivity index (χ1v) is 4.83. The molecular weight excluding hydrogens is 162 g/mol. The van der Waals surface area contributed by atoms with Crippen molar-refractivity contribution in [2.75, 3.05) is 13.2 Å². The SMILES string of the molecule is NCCOc1ccc(C2CC2)cc1. The van der Waals surface area contributed by atoms with Gasteiger partial charge in [-0.3, -0.25) is 0 Å². The van der Waals surface area contributed by atoms with Gasteiger partial charge in [-0.1, -0.05) is 12.1 Å². The number of hydrogen-bond donors (Lipinski definition) is 1. The van der Waals surface area contributed by atoms with Crippen molar-refractivity contribution in [1.29, 1.82) is 0 Å². The highest BCUT2D eigenvalue weighted by Crippen LogP contribution is 2.40. The normalized spacial score (nSPS) is 15.8. The minimum Gasteiger partial charge on any atom is -0.492 e. The molecule has 0 saturated heterocycles. The molecule has 0 spiro atoms. The first-order valence-electron chi connectivity index (χ1n) is 4.83. The summed E-state index contributed by atoms with van der Waals surface area (Å²) in [7, 11) is 0. The van der Waals surface area contributed by atoms with Crippen LogP contribution in [0.4, 0.5) is 0 Å². The van der Waals surface area contributed by atoms with Gasteiger partial charge in [0.1, 0.15) is 12.4 Å². The molecule has 0 radical (unpaired) electrons. The molecule has 1 saturated carbocycles. The number of benzene rings is 1. The Hall–Kier alpha value is -1.02. The summed E-state index contributed by atoms with van der Waals surface area (Å²) in [4.78, 5) is 0. The van der Waals surface area contributed by atoms with Crippen LogP contribution in [-0.4, -0.2) is 13.2 Å². The van der Waals surface area contributed by atoms with Crippen molar-refractivity contribution in [1.82, 2.24) is 0 Å². The topological polar surface area (TPSA) is 35.2 Å². The Morgan fingerprint density at radius 3 is 2.46 bits per heavy atom. The standard InChI is InChI=1S/C11H15NO/c12-7-8-13-11-5-3-10(4-6-11)9-1-2-9/h3-6,9H,1-2,7-8,12H2. The first-order chi connectivity index (χ1) is 6.40. The van der Waals surface area contributed by atoms with Crippen LogP contribution in [0.15, 0.2) is 24.3 Å². The van der Waals surface area contributed by atoms with Gasteiger partial charge < -0.3 is 10.5 Å². The highest BCUT2D eigenvalue weighted by Gasteiger charge is 2.22. The van der Waals surface area contributed by atoms with Gasteiger partial charge >= 0.3 is 0 Å². The van der Waals surface area contributed by atoms with E-state index in [0.717, 1.165) is 11.7 Å². The molecule has 0 amide bonds. The molecule has 1 aliphatic rings. The van der Waals surface area contributed by atoms with Gasteiger partial charge in [0.15, 0.2) is 0 Å². The molecule has 0 bridgehead atoms. The molecule has 1 aromatic carbocycles. The van der Waals surface area contributed by atoms with Crippen LogP contribution >= 0.6 is 0 Å². The summed E-state index contributed by atoms with van der Waals surface area (Å²) in [6.45, 7) is 1.17. The van der Waals surface area contributed by atoms with Crippen molar-refractivity contribution in [3.63, 3.8) is 0 Å². The van der Waals surface area contributed by atoms with Crippen molar-refractivity contribution in [3.8, 4) is 5.75 Å². The van der Waals surface area contributed by atoms with Gasteiger partial charge in [0.25, 0.3) is 0 Å². The maximum Gasteiger partial charge on any atom is 0.119 e. The Labute approximate surface area is 78.7 Å². The molecule has 1 fully saturated rings. The molecule has 70 valence electrons. The zero-order chi connectivity index (χ0) is 9.10. The summed E-state index contributed by atoms with van der Waals surface area (Å²) in [5, 5.41) is 0. The molecule has 0 heterocycles. The maximum absolute atomic E-state index is 5.39. The molecule has 2 nitrogen and oxygen atoms in total. The molecule has 2 N–H and O–H groups in total. The minimum absolute atomic E-state index is 0.574. The molecule has 0 aromatic heterocycles. The lowest BCUT2D eigenvalue weighted by Crippen LogP contribution is -2.10. The van der Waals surface area contributed by atoms with E-state index in [2.05, 4.69) is 12.1 Å². The van der Waals surface area contributed by atoms with E-state index in [0.29, 0.717) is 13.2 Å². The van der Waals surface area contributed by atoms with E-state index in [1.807, 2.05) is 12.1 Å². The summed E-state index contributed by atoms with van der Waals surface area (Å²) < 4.78 is 5.39.